The number of benzene rings is 1. The van der Waals surface area contributed by atoms with E-state index >= 15 is 0 Å². The van der Waals surface area contributed by atoms with E-state index in [1.165, 1.54) is 6.07 Å². The Kier molecular flexibility index (Phi) is 5.17. The van der Waals surface area contributed by atoms with Crippen LogP contribution in [0.25, 0.3) is 0 Å². The zero-order valence-corrected chi connectivity index (χ0v) is 12.7. The number of alkyl halides is 1. The van der Waals surface area contributed by atoms with Crippen molar-refractivity contribution in [1.82, 2.24) is 5.32 Å². The van der Waals surface area contributed by atoms with Gasteiger partial charge < -0.3 is 5.32 Å². The first-order valence-electron chi connectivity index (χ1n) is 7.14. The van der Waals surface area contributed by atoms with Gasteiger partial charge in [-0.15, -0.1) is 11.6 Å². The second-order valence-corrected chi connectivity index (χ2v) is 6.22. The maximum absolute atomic E-state index is 12.1. The summed E-state index contributed by atoms with van der Waals surface area (Å²) in [6, 6.07) is 4.54. The number of nitrogens with zero attached hydrogens (tertiary/aromatic N) is 1. The third-order valence-electron chi connectivity index (χ3n) is 3.94. The van der Waals surface area contributed by atoms with Crippen LogP contribution in [0, 0.1) is 23.0 Å². The number of hydrogen-bond donors (Lipinski definition) is 1. The number of halogens is 1. The van der Waals surface area contributed by atoms with E-state index in [4.69, 9.17) is 11.6 Å². The van der Waals surface area contributed by atoms with Crippen molar-refractivity contribution in [3.63, 3.8) is 0 Å². The summed E-state index contributed by atoms with van der Waals surface area (Å²) in [4.78, 5) is 22.5. The number of aryl methyl sites for hydroxylation is 1. The Balaban J connectivity index is 1.97. The number of carbonyl (C=O) groups excluding carboxylic acids is 1. The zero-order valence-electron chi connectivity index (χ0n) is 12.0. The predicted octanol–water partition coefficient (Wildman–Crippen LogP) is 3.43. The van der Waals surface area contributed by atoms with Gasteiger partial charge in [0.1, 0.15) is 0 Å². The molecule has 0 bridgehead atoms. The van der Waals surface area contributed by atoms with Gasteiger partial charge in [0, 0.05) is 29.1 Å². The summed E-state index contributed by atoms with van der Waals surface area (Å²) in [7, 11) is 0. The molecule has 5 nitrogen and oxygen atoms in total. The average Bonchev–Trinajstić information content (AvgIpc) is 2.45. The fraction of sp³-hybridized carbons (Fsp3) is 0.533. The Morgan fingerprint density at radius 1 is 1.48 bits per heavy atom. The van der Waals surface area contributed by atoms with Gasteiger partial charge in [-0.05, 0) is 38.2 Å². The van der Waals surface area contributed by atoms with E-state index in [0.717, 1.165) is 25.7 Å². The van der Waals surface area contributed by atoms with Crippen LogP contribution in [0.4, 0.5) is 5.69 Å². The highest BCUT2D eigenvalue weighted by Crippen LogP contribution is 2.27. The van der Waals surface area contributed by atoms with Crippen molar-refractivity contribution in [2.75, 3.05) is 6.54 Å². The van der Waals surface area contributed by atoms with Gasteiger partial charge in [0.25, 0.3) is 11.6 Å². The summed E-state index contributed by atoms with van der Waals surface area (Å²) in [6.45, 7) is 2.23. The molecule has 0 aromatic heterocycles. The Morgan fingerprint density at radius 3 is 2.90 bits per heavy atom. The molecule has 6 heteroatoms. The minimum Gasteiger partial charge on any atom is -0.352 e. The van der Waals surface area contributed by atoms with Crippen LogP contribution in [-0.4, -0.2) is 22.8 Å². The highest BCUT2D eigenvalue weighted by molar-refractivity contribution is 6.20. The Bertz CT molecular complexity index is 548. The third kappa shape index (κ3) is 4.17. The fourth-order valence-electron chi connectivity index (χ4n) is 2.70. The number of hydrogen-bond acceptors (Lipinski definition) is 3. The van der Waals surface area contributed by atoms with E-state index in [1.807, 2.05) is 0 Å². The molecule has 1 aromatic rings. The largest absolute Gasteiger partial charge is 0.352 e. The monoisotopic (exact) mass is 310 g/mol. The van der Waals surface area contributed by atoms with Crippen LogP contribution < -0.4 is 5.32 Å². The van der Waals surface area contributed by atoms with Crippen LogP contribution in [-0.2, 0) is 0 Å². The molecule has 0 radical (unpaired) electrons. The summed E-state index contributed by atoms with van der Waals surface area (Å²) in [5.74, 6) is 0.125. The van der Waals surface area contributed by atoms with Crippen molar-refractivity contribution in [2.45, 2.75) is 38.0 Å². The minimum atomic E-state index is -0.467. The highest BCUT2D eigenvalue weighted by atomic mass is 35.5. The number of nitro groups is 1. The van der Waals surface area contributed by atoms with Crippen LogP contribution in [0.1, 0.15) is 41.6 Å². The minimum absolute atomic E-state index is 0.0267. The first-order valence-corrected chi connectivity index (χ1v) is 7.58. The maximum Gasteiger partial charge on any atom is 0.273 e. The zero-order chi connectivity index (χ0) is 15.4. The van der Waals surface area contributed by atoms with E-state index in [2.05, 4.69) is 5.32 Å². The van der Waals surface area contributed by atoms with Crippen LogP contribution in [0.3, 0.4) is 0 Å². The van der Waals surface area contributed by atoms with E-state index in [1.54, 1.807) is 19.1 Å². The van der Waals surface area contributed by atoms with Crippen LogP contribution in [0.2, 0.25) is 0 Å². The molecule has 0 heterocycles. The summed E-state index contributed by atoms with van der Waals surface area (Å²) in [5, 5.41) is 13.9. The predicted molar refractivity (Wildman–Crippen MR) is 81.8 cm³/mol. The molecule has 2 atom stereocenters. The summed E-state index contributed by atoms with van der Waals surface area (Å²) >= 11 is 6.13. The quantitative estimate of drug-likeness (QED) is 0.526. The van der Waals surface area contributed by atoms with Gasteiger partial charge in [0.15, 0.2) is 0 Å². The van der Waals surface area contributed by atoms with Gasteiger partial charge in [0.2, 0.25) is 0 Å². The molecule has 0 aliphatic heterocycles. The molecule has 1 N–H and O–H groups in total. The second kappa shape index (κ2) is 6.89. The summed E-state index contributed by atoms with van der Waals surface area (Å²) in [6.07, 6.45) is 4.11. The Hall–Kier alpha value is -1.62. The molecule has 1 aliphatic rings. The molecule has 1 aliphatic carbocycles. The van der Waals surface area contributed by atoms with E-state index < -0.39 is 4.92 Å². The van der Waals surface area contributed by atoms with Gasteiger partial charge in [-0.25, -0.2) is 0 Å². The third-order valence-corrected chi connectivity index (χ3v) is 4.33. The van der Waals surface area contributed by atoms with Crippen molar-refractivity contribution in [3.8, 4) is 0 Å². The van der Waals surface area contributed by atoms with Crippen LogP contribution >= 0.6 is 11.6 Å². The van der Waals surface area contributed by atoms with Gasteiger partial charge in [-0.2, -0.15) is 0 Å². The number of nitrogens with one attached hydrogen (secondary N) is 1. The molecule has 0 saturated heterocycles. The maximum atomic E-state index is 12.1. The lowest BCUT2D eigenvalue weighted by atomic mass is 9.89. The summed E-state index contributed by atoms with van der Waals surface area (Å²) < 4.78 is 0. The van der Waals surface area contributed by atoms with Gasteiger partial charge >= 0.3 is 0 Å². The van der Waals surface area contributed by atoms with Gasteiger partial charge in [-0.1, -0.05) is 12.5 Å². The first kappa shape index (κ1) is 15.8. The van der Waals surface area contributed by atoms with E-state index in [-0.39, 0.29) is 17.0 Å². The van der Waals surface area contributed by atoms with Crippen molar-refractivity contribution in [3.05, 3.63) is 39.4 Å². The molecule has 1 amide bonds. The molecule has 2 rings (SSSR count). The van der Waals surface area contributed by atoms with Crippen LogP contribution in [0.15, 0.2) is 18.2 Å². The Labute approximate surface area is 128 Å². The number of amides is 1. The summed E-state index contributed by atoms with van der Waals surface area (Å²) in [5.41, 5.74) is 0.848. The number of carbonyl (C=O) groups is 1. The van der Waals surface area contributed by atoms with Crippen molar-refractivity contribution < 1.29 is 9.72 Å². The van der Waals surface area contributed by atoms with Crippen LogP contribution in [0.5, 0.6) is 0 Å². The SMILES string of the molecule is Cc1ccc(C(=O)NCC2CCCC(Cl)C2)cc1[N+](=O)[O-]. The van der Waals surface area contributed by atoms with Crippen molar-refractivity contribution >= 4 is 23.2 Å². The highest BCUT2D eigenvalue weighted by Gasteiger charge is 2.21. The molecular weight excluding hydrogens is 292 g/mol. The number of nitro benzene ring substituents is 1. The Morgan fingerprint density at radius 2 is 2.24 bits per heavy atom. The topological polar surface area (TPSA) is 72.2 Å². The molecule has 21 heavy (non-hydrogen) atoms. The fourth-order valence-corrected chi connectivity index (χ4v) is 3.10. The number of rotatable bonds is 4. The van der Waals surface area contributed by atoms with Gasteiger partial charge in [-0.3, -0.25) is 14.9 Å². The van der Waals surface area contributed by atoms with E-state index in [9.17, 15) is 14.9 Å². The lowest BCUT2D eigenvalue weighted by Gasteiger charge is -2.25. The first-order chi connectivity index (χ1) is 9.97. The standard InChI is InChI=1S/C15H19ClN2O3/c1-10-5-6-12(8-14(10)18(20)21)15(19)17-9-11-3-2-4-13(16)7-11/h5-6,8,11,13H,2-4,7,9H2,1H3,(H,17,19). The lowest BCUT2D eigenvalue weighted by Crippen LogP contribution is -2.32. The normalized spacial score (nSPS) is 21.8. The molecule has 1 fully saturated rings. The molecule has 114 valence electrons. The molecular formula is C15H19ClN2O3. The van der Waals surface area contributed by atoms with Crippen molar-refractivity contribution in [1.29, 1.82) is 0 Å². The molecule has 2 unspecified atom stereocenters. The molecule has 1 saturated carbocycles. The molecule has 0 spiro atoms. The smallest absolute Gasteiger partial charge is 0.273 e. The lowest BCUT2D eigenvalue weighted by molar-refractivity contribution is -0.385. The van der Waals surface area contributed by atoms with Crippen molar-refractivity contribution in [2.24, 2.45) is 5.92 Å². The average molecular weight is 311 g/mol. The molecule has 1 aromatic carbocycles. The van der Waals surface area contributed by atoms with E-state index in [0.29, 0.717) is 23.6 Å². The van der Waals surface area contributed by atoms with Gasteiger partial charge in [0.05, 0.1) is 4.92 Å². The second-order valence-electron chi connectivity index (χ2n) is 5.60.